The molecule has 0 saturated carbocycles. The second-order valence-electron chi connectivity index (χ2n) is 5.18. The fraction of sp³-hybridized carbons (Fsp3) is 0.118. The Morgan fingerprint density at radius 1 is 1.17 bits per heavy atom. The highest BCUT2D eigenvalue weighted by Crippen LogP contribution is 2.16. The average Bonchev–Trinajstić information content (AvgIpc) is 3.12. The van der Waals surface area contributed by atoms with Crippen molar-refractivity contribution in [3.8, 4) is 5.69 Å². The zero-order chi connectivity index (χ0) is 16.4. The fourth-order valence-electron chi connectivity index (χ4n) is 2.28. The Morgan fingerprint density at radius 2 is 1.91 bits per heavy atom. The van der Waals surface area contributed by atoms with Crippen LogP contribution < -0.4 is 0 Å². The number of hydrogen-bond donors (Lipinski definition) is 0. The highest BCUT2D eigenvalue weighted by Gasteiger charge is 2.13. The predicted octanol–water partition coefficient (Wildman–Crippen LogP) is 2.95. The van der Waals surface area contributed by atoms with Gasteiger partial charge in [-0.05, 0) is 43.3 Å². The molecule has 1 aromatic carbocycles. The molecule has 0 saturated heterocycles. The molecule has 0 N–H and O–H groups in total. The van der Waals surface area contributed by atoms with Crippen LogP contribution in [0.5, 0.6) is 0 Å². The summed E-state index contributed by atoms with van der Waals surface area (Å²) in [5, 5.41) is 8.26. The summed E-state index contributed by atoms with van der Waals surface area (Å²) in [6, 6.07) is 5.96. The first-order valence-electron chi connectivity index (χ1n) is 7.06. The van der Waals surface area contributed by atoms with Gasteiger partial charge in [0.05, 0.1) is 29.3 Å². The SMILES string of the molecule is Cc1c(C(=O)/C=C/c2cnn(C)c2)cnn1-c1ccc(F)cc1. The van der Waals surface area contributed by atoms with E-state index < -0.39 is 0 Å². The monoisotopic (exact) mass is 310 g/mol. The van der Waals surface area contributed by atoms with Crippen LogP contribution in [-0.4, -0.2) is 25.3 Å². The normalized spacial score (nSPS) is 11.3. The van der Waals surface area contributed by atoms with E-state index in [1.54, 1.807) is 33.8 Å². The van der Waals surface area contributed by atoms with Gasteiger partial charge in [0.15, 0.2) is 5.78 Å². The van der Waals surface area contributed by atoms with Gasteiger partial charge in [-0.15, -0.1) is 0 Å². The minimum Gasteiger partial charge on any atom is -0.289 e. The molecule has 2 aromatic heterocycles. The molecule has 0 radical (unpaired) electrons. The first-order chi connectivity index (χ1) is 11.0. The fourth-order valence-corrected chi connectivity index (χ4v) is 2.28. The molecule has 0 spiro atoms. The van der Waals surface area contributed by atoms with Crippen LogP contribution in [0.25, 0.3) is 11.8 Å². The first-order valence-corrected chi connectivity index (χ1v) is 7.06. The molecule has 0 aliphatic rings. The number of hydrogen-bond acceptors (Lipinski definition) is 3. The molecule has 0 amide bonds. The van der Waals surface area contributed by atoms with Gasteiger partial charge < -0.3 is 0 Å². The van der Waals surface area contributed by atoms with Crippen molar-refractivity contribution < 1.29 is 9.18 Å². The molecular formula is C17H15FN4O. The number of rotatable bonds is 4. The Kier molecular flexibility index (Phi) is 3.89. The minimum atomic E-state index is -0.311. The molecule has 0 bridgehead atoms. The minimum absolute atomic E-state index is 0.139. The molecule has 0 unspecified atom stereocenters. The van der Waals surface area contributed by atoms with Crippen LogP contribution in [0.4, 0.5) is 4.39 Å². The summed E-state index contributed by atoms with van der Waals surface area (Å²) in [7, 11) is 1.82. The molecule has 0 aliphatic heterocycles. The maximum atomic E-state index is 13.0. The van der Waals surface area contributed by atoms with Crippen LogP contribution >= 0.6 is 0 Å². The second kappa shape index (κ2) is 6.00. The number of carbonyl (C=O) groups is 1. The van der Waals surface area contributed by atoms with E-state index in [2.05, 4.69) is 10.2 Å². The van der Waals surface area contributed by atoms with Gasteiger partial charge in [-0.25, -0.2) is 9.07 Å². The zero-order valence-electron chi connectivity index (χ0n) is 12.8. The number of allylic oxidation sites excluding steroid dienone is 1. The van der Waals surface area contributed by atoms with E-state index in [1.165, 1.54) is 24.4 Å². The number of aryl methyl sites for hydroxylation is 1. The van der Waals surface area contributed by atoms with Gasteiger partial charge in [-0.2, -0.15) is 10.2 Å². The first kappa shape index (κ1) is 14.9. The van der Waals surface area contributed by atoms with Crippen molar-refractivity contribution in [2.24, 2.45) is 7.05 Å². The lowest BCUT2D eigenvalue weighted by molar-refractivity contribution is 0.104. The van der Waals surface area contributed by atoms with Crippen LogP contribution in [0, 0.1) is 12.7 Å². The maximum Gasteiger partial charge on any atom is 0.189 e. The standard InChI is InChI=1S/C17H15FN4O/c1-12-16(17(23)8-3-13-9-19-21(2)11-13)10-20-22(12)15-6-4-14(18)5-7-15/h3-11H,1-2H3/b8-3+. The molecule has 116 valence electrons. The summed E-state index contributed by atoms with van der Waals surface area (Å²) in [5.41, 5.74) is 2.77. The Hall–Kier alpha value is -3.02. The number of halogens is 1. The quantitative estimate of drug-likeness (QED) is 0.550. The summed E-state index contributed by atoms with van der Waals surface area (Å²) >= 11 is 0. The van der Waals surface area contributed by atoms with Gasteiger partial charge in [0.1, 0.15) is 5.82 Å². The van der Waals surface area contributed by atoms with E-state index in [4.69, 9.17) is 0 Å². The van der Waals surface area contributed by atoms with Crippen molar-refractivity contribution in [1.29, 1.82) is 0 Å². The smallest absolute Gasteiger partial charge is 0.189 e. The second-order valence-corrected chi connectivity index (χ2v) is 5.18. The van der Waals surface area contributed by atoms with Gasteiger partial charge in [0.25, 0.3) is 0 Å². The van der Waals surface area contributed by atoms with E-state index >= 15 is 0 Å². The van der Waals surface area contributed by atoms with E-state index in [0.29, 0.717) is 16.9 Å². The molecule has 3 aromatic rings. The summed E-state index contributed by atoms with van der Waals surface area (Å²) in [6.45, 7) is 1.81. The molecule has 0 aliphatic carbocycles. The lowest BCUT2D eigenvalue weighted by Crippen LogP contribution is -2.01. The molecule has 2 heterocycles. The van der Waals surface area contributed by atoms with Crippen molar-refractivity contribution in [3.63, 3.8) is 0 Å². The van der Waals surface area contributed by atoms with Gasteiger partial charge in [-0.3, -0.25) is 9.48 Å². The number of carbonyl (C=O) groups excluding carboxylic acids is 1. The third kappa shape index (κ3) is 3.11. The van der Waals surface area contributed by atoms with E-state index in [9.17, 15) is 9.18 Å². The Morgan fingerprint density at radius 3 is 2.57 bits per heavy atom. The number of nitrogens with zero attached hydrogens (tertiary/aromatic N) is 4. The van der Waals surface area contributed by atoms with Crippen molar-refractivity contribution >= 4 is 11.9 Å². The van der Waals surface area contributed by atoms with Gasteiger partial charge in [-0.1, -0.05) is 0 Å². The molecule has 0 fully saturated rings. The van der Waals surface area contributed by atoms with Crippen LogP contribution in [-0.2, 0) is 7.05 Å². The van der Waals surface area contributed by atoms with E-state index in [0.717, 1.165) is 5.56 Å². The summed E-state index contributed by atoms with van der Waals surface area (Å²) < 4.78 is 16.3. The van der Waals surface area contributed by atoms with Crippen LogP contribution in [0.3, 0.4) is 0 Å². The van der Waals surface area contributed by atoms with Crippen molar-refractivity contribution in [2.45, 2.75) is 6.92 Å². The van der Waals surface area contributed by atoms with E-state index in [1.807, 2.05) is 20.2 Å². The van der Waals surface area contributed by atoms with Gasteiger partial charge >= 0.3 is 0 Å². The molecule has 23 heavy (non-hydrogen) atoms. The lowest BCUT2D eigenvalue weighted by atomic mass is 10.1. The molecule has 5 nitrogen and oxygen atoms in total. The molecule has 3 rings (SSSR count). The third-order valence-electron chi connectivity index (χ3n) is 3.50. The number of aromatic nitrogens is 4. The predicted molar refractivity (Wildman–Crippen MR) is 84.8 cm³/mol. The van der Waals surface area contributed by atoms with E-state index in [-0.39, 0.29) is 11.6 Å². The van der Waals surface area contributed by atoms with Crippen LogP contribution in [0.2, 0.25) is 0 Å². The van der Waals surface area contributed by atoms with Crippen molar-refractivity contribution in [2.75, 3.05) is 0 Å². The van der Waals surface area contributed by atoms with Crippen LogP contribution in [0.15, 0.2) is 48.9 Å². The summed E-state index contributed by atoms with van der Waals surface area (Å²) in [5.74, 6) is -0.450. The zero-order valence-corrected chi connectivity index (χ0v) is 12.8. The Balaban J connectivity index is 1.85. The van der Waals surface area contributed by atoms with Crippen molar-refractivity contribution in [1.82, 2.24) is 19.6 Å². The third-order valence-corrected chi connectivity index (χ3v) is 3.50. The average molecular weight is 310 g/mol. The van der Waals surface area contributed by atoms with Crippen molar-refractivity contribution in [3.05, 3.63) is 71.6 Å². The number of ketones is 1. The van der Waals surface area contributed by atoms with Crippen LogP contribution in [0.1, 0.15) is 21.6 Å². The number of benzene rings is 1. The molecule has 6 heteroatoms. The highest BCUT2D eigenvalue weighted by molar-refractivity contribution is 6.07. The Labute approximate surface area is 132 Å². The maximum absolute atomic E-state index is 13.0. The summed E-state index contributed by atoms with van der Waals surface area (Å²) in [4.78, 5) is 12.3. The Bertz CT molecular complexity index is 874. The summed E-state index contributed by atoms with van der Waals surface area (Å²) in [6.07, 6.45) is 8.23. The highest BCUT2D eigenvalue weighted by atomic mass is 19.1. The lowest BCUT2D eigenvalue weighted by Gasteiger charge is -2.04. The van der Waals surface area contributed by atoms with Gasteiger partial charge in [0, 0.05) is 18.8 Å². The molecular weight excluding hydrogens is 295 g/mol. The topological polar surface area (TPSA) is 52.7 Å². The van der Waals surface area contributed by atoms with Gasteiger partial charge in [0.2, 0.25) is 0 Å². The largest absolute Gasteiger partial charge is 0.289 e. The molecule has 0 atom stereocenters.